The lowest BCUT2D eigenvalue weighted by Gasteiger charge is -2.26. The van der Waals surface area contributed by atoms with Crippen LogP contribution in [0.15, 0.2) is 22.7 Å². The van der Waals surface area contributed by atoms with Crippen molar-refractivity contribution in [2.75, 3.05) is 24.7 Å². The number of nitrogens with zero attached hydrogens (tertiary/aromatic N) is 1. The van der Waals surface area contributed by atoms with Crippen molar-refractivity contribution in [2.45, 2.75) is 18.6 Å². The second-order valence-electron chi connectivity index (χ2n) is 5.11. The van der Waals surface area contributed by atoms with Crippen molar-refractivity contribution in [1.82, 2.24) is 5.48 Å². The molecule has 8 heteroatoms. The van der Waals surface area contributed by atoms with Crippen LogP contribution < -0.4 is 10.4 Å². The average Bonchev–Trinajstić information content (AvgIpc) is 2.70. The van der Waals surface area contributed by atoms with Crippen LogP contribution in [-0.4, -0.2) is 36.8 Å². The summed E-state index contributed by atoms with van der Waals surface area (Å²) < 4.78 is 12.3. The number of amides is 2. The molecular formula is C14H15BrN2O5. The Kier molecular flexibility index (Phi) is 4.18. The Balaban J connectivity index is 2.07. The van der Waals surface area contributed by atoms with Crippen LogP contribution in [0.25, 0.3) is 0 Å². The monoisotopic (exact) mass is 370 g/mol. The van der Waals surface area contributed by atoms with Crippen LogP contribution in [0.2, 0.25) is 0 Å². The van der Waals surface area contributed by atoms with Gasteiger partial charge in [0.15, 0.2) is 0 Å². The predicted molar refractivity (Wildman–Crippen MR) is 79.2 cm³/mol. The largest absolute Gasteiger partial charge is 0.338 e. The highest BCUT2D eigenvalue weighted by Crippen LogP contribution is 2.45. The third-order valence-corrected chi connectivity index (χ3v) is 4.20. The molecule has 0 aliphatic carbocycles. The molecule has 2 amide bonds. The zero-order chi connectivity index (χ0) is 15.7. The Morgan fingerprint density at radius 1 is 1.36 bits per heavy atom. The van der Waals surface area contributed by atoms with Crippen molar-refractivity contribution in [1.29, 1.82) is 0 Å². The first kappa shape index (κ1) is 15.4. The summed E-state index contributed by atoms with van der Waals surface area (Å²) in [7, 11) is 0. The molecule has 2 N–H and O–H groups in total. The minimum absolute atomic E-state index is 0.307. The first-order valence-electron chi connectivity index (χ1n) is 6.91. The maximum Gasteiger partial charge on any atom is 0.293 e. The zero-order valence-corrected chi connectivity index (χ0v) is 13.3. The van der Waals surface area contributed by atoms with Crippen LogP contribution in [0.4, 0.5) is 5.69 Å². The smallest absolute Gasteiger partial charge is 0.293 e. The molecule has 0 radical (unpaired) electrons. The summed E-state index contributed by atoms with van der Waals surface area (Å²) in [4.78, 5) is 25.6. The van der Waals surface area contributed by atoms with Crippen LogP contribution in [0.3, 0.4) is 0 Å². The number of benzene rings is 1. The number of hydrogen-bond donors (Lipinski definition) is 2. The maximum atomic E-state index is 12.9. The molecule has 0 saturated carbocycles. The lowest BCUT2D eigenvalue weighted by atomic mass is 10.1. The standard InChI is InChI=1S/C14H15BrN2O5/c15-9-3-4-11-10(7-9)14(21-5-1-2-6-22-14)13(19)17(11)8-12(18)16-20/h3-4,7,20H,1-2,5-6,8H2,(H,16,18). The van der Waals surface area contributed by atoms with E-state index in [1.54, 1.807) is 18.2 Å². The number of carbonyl (C=O) groups is 2. The number of carbonyl (C=O) groups excluding carboxylic acids is 2. The van der Waals surface area contributed by atoms with Gasteiger partial charge in [-0.25, -0.2) is 5.48 Å². The molecular weight excluding hydrogens is 356 g/mol. The molecule has 0 bridgehead atoms. The van der Waals surface area contributed by atoms with E-state index < -0.39 is 17.6 Å². The van der Waals surface area contributed by atoms with Crippen molar-refractivity contribution < 1.29 is 24.3 Å². The SMILES string of the molecule is O=C(CN1C(=O)C2(OCCCCO2)c2cc(Br)ccc21)NO. The molecule has 2 aliphatic heterocycles. The van der Waals surface area contributed by atoms with Crippen molar-refractivity contribution in [3.8, 4) is 0 Å². The van der Waals surface area contributed by atoms with Gasteiger partial charge in [-0.1, -0.05) is 15.9 Å². The van der Waals surface area contributed by atoms with Gasteiger partial charge in [0, 0.05) is 10.0 Å². The van der Waals surface area contributed by atoms with E-state index in [4.69, 9.17) is 14.7 Å². The molecule has 3 rings (SSSR count). The van der Waals surface area contributed by atoms with Gasteiger partial charge < -0.3 is 9.47 Å². The molecule has 2 heterocycles. The van der Waals surface area contributed by atoms with Gasteiger partial charge in [0.25, 0.3) is 17.6 Å². The predicted octanol–water partition coefficient (Wildman–Crippen LogP) is 1.28. The van der Waals surface area contributed by atoms with E-state index >= 15 is 0 Å². The Bertz CT molecular complexity index is 613. The molecule has 2 aliphatic rings. The summed E-state index contributed by atoms with van der Waals surface area (Å²) in [5, 5.41) is 8.71. The summed E-state index contributed by atoms with van der Waals surface area (Å²) in [6.07, 6.45) is 1.60. The van der Waals surface area contributed by atoms with Gasteiger partial charge in [0.1, 0.15) is 6.54 Å². The Morgan fingerprint density at radius 3 is 2.68 bits per heavy atom. The Labute approximate surface area is 135 Å². The number of ether oxygens (including phenoxy) is 2. The Morgan fingerprint density at radius 2 is 2.05 bits per heavy atom. The minimum Gasteiger partial charge on any atom is -0.338 e. The highest BCUT2D eigenvalue weighted by molar-refractivity contribution is 9.10. The van der Waals surface area contributed by atoms with E-state index in [1.165, 1.54) is 10.4 Å². The first-order valence-corrected chi connectivity index (χ1v) is 7.70. The zero-order valence-electron chi connectivity index (χ0n) is 11.7. The third-order valence-electron chi connectivity index (χ3n) is 3.71. The molecule has 118 valence electrons. The van der Waals surface area contributed by atoms with Gasteiger partial charge >= 0.3 is 0 Å². The molecule has 0 aromatic heterocycles. The fourth-order valence-electron chi connectivity index (χ4n) is 2.70. The number of hydrogen-bond acceptors (Lipinski definition) is 5. The van der Waals surface area contributed by atoms with E-state index in [1.807, 2.05) is 0 Å². The highest BCUT2D eigenvalue weighted by Gasteiger charge is 2.54. The first-order chi connectivity index (χ1) is 10.6. The van der Waals surface area contributed by atoms with Crippen LogP contribution in [-0.2, 0) is 24.8 Å². The summed E-state index contributed by atoms with van der Waals surface area (Å²) in [6.45, 7) is 0.494. The number of anilines is 1. The maximum absolute atomic E-state index is 12.9. The van der Waals surface area contributed by atoms with Crippen LogP contribution >= 0.6 is 15.9 Å². The average molecular weight is 371 g/mol. The topological polar surface area (TPSA) is 88.1 Å². The number of fused-ring (bicyclic) bond motifs is 2. The van der Waals surface area contributed by atoms with Crippen LogP contribution in [0, 0.1) is 0 Å². The van der Waals surface area contributed by atoms with E-state index in [9.17, 15) is 9.59 Å². The normalized spacial score (nSPS) is 19.9. The van der Waals surface area contributed by atoms with Gasteiger partial charge in [0.2, 0.25) is 0 Å². The van der Waals surface area contributed by atoms with Crippen molar-refractivity contribution in [3.05, 3.63) is 28.2 Å². The molecule has 22 heavy (non-hydrogen) atoms. The third kappa shape index (κ3) is 2.41. The van der Waals surface area contributed by atoms with E-state index in [0.29, 0.717) is 24.5 Å². The summed E-state index contributed by atoms with van der Waals surface area (Å²) in [5.74, 6) is -2.65. The van der Waals surface area contributed by atoms with Gasteiger partial charge in [-0.15, -0.1) is 0 Å². The minimum atomic E-state index is -1.51. The van der Waals surface area contributed by atoms with Gasteiger partial charge in [-0.05, 0) is 31.0 Å². The lowest BCUT2D eigenvalue weighted by Crippen LogP contribution is -2.47. The quantitative estimate of drug-likeness (QED) is 0.604. The molecule has 7 nitrogen and oxygen atoms in total. The fraction of sp³-hybridized carbons (Fsp3) is 0.429. The number of hydroxylamine groups is 1. The summed E-state index contributed by atoms with van der Waals surface area (Å²) in [5.41, 5.74) is 2.64. The van der Waals surface area contributed by atoms with E-state index in [-0.39, 0.29) is 6.54 Å². The second kappa shape index (κ2) is 5.96. The van der Waals surface area contributed by atoms with Crippen molar-refractivity contribution >= 4 is 33.4 Å². The highest BCUT2D eigenvalue weighted by atomic mass is 79.9. The van der Waals surface area contributed by atoms with Gasteiger partial charge in [-0.2, -0.15) is 0 Å². The van der Waals surface area contributed by atoms with Gasteiger partial charge in [0.05, 0.1) is 18.9 Å². The molecule has 1 saturated heterocycles. The van der Waals surface area contributed by atoms with Crippen molar-refractivity contribution in [3.63, 3.8) is 0 Å². The lowest BCUT2D eigenvalue weighted by molar-refractivity contribution is -0.222. The van der Waals surface area contributed by atoms with E-state index in [0.717, 1.165) is 17.3 Å². The van der Waals surface area contributed by atoms with Crippen LogP contribution in [0.1, 0.15) is 18.4 Å². The van der Waals surface area contributed by atoms with Crippen molar-refractivity contribution in [2.24, 2.45) is 0 Å². The molecule has 1 aromatic rings. The fourth-order valence-corrected chi connectivity index (χ4v) is 3.06. The summed E-state index contributed by atoms with van der Waals surface area (Å²) in [6, 6.07) is 5.25. The van der Waals surface area contributed by atoms with E-state index in [2.05, 4.69) is 15.9 Å². The number of halogens is 1. The van der Waals surface area contributed by atoms with Gasteiger partial charge in [-0.3, -0.25) is 19.7 Å². The molecule has 1 aromatic carbocycles. The second-order valence-corrected chi connectivity index (χ2v) is 6.02. The summed E-state index contributed by atoms with van der Waals surface area (Å²) >= 11 is 3.38. The Hall–Kier alpha value is -1.48. The van der Waals surface area contributed by atoms with Crippen LogP contribution in [0.5, 0.6) is 0 Å². The molecule has 1 spiro atoms. The number of nitrogens with one attached hydrogen (secondary N) is 1. The molecule has 0 atom stereocenters. The molecule has 1 fully saturated rings. The molecule has 0 unspecified atom stereocenters. The number of rotatable bonds is 2.